The van der Waals surface area contributed by atoms with Crippen molar-refractivity contribution in [2.75, 3.05) is 13.2 Å². The predicted octanol–water partition coefficient (Wildman–Crippen LogP) is -2.08. The van der Waals surface area contributed by atoms with Crippen LogP contribution in [0.2, 0.25) is 0 Å². The van der Waals surface area contributed by atoms with Crippen molar-refractivity contribution >= 4 is 0 Å². The van der Waals surface area contributed by atoms with Gasteiger partial charge in [-0.1, -0.05) is 18.2 Å². The number of aliphatic hydroxyl groups is 5. The van der Waals surface area contributed by atoms with Gasteiger partial charge in [0.1, 0.15) is 24.1 Å². The maximum atomic E-state index is 9.65. The van der Waals surface area contributed by atoms with Crippen LogP contribution < -0.4 is 5.32 Å². The third-order valence-electron chi connectivity index (χ3n) is 2.99. The molecule has 0 spiro atoms. The minimum Gasteiger partial charge on any atom is -0.508 e. The number of benzene rings is 1. The summed E-state index contributed by atoms with van der Waals surface area (Å²) < 4.78 is 0. The van der Waals surface area contributed by atoms with Gasteiger partial charge in [-0.05, 0) is 6.07 Å². The Morgan fingerprint density at radius 1 is 0.950 bits per heavy atom. The molecule has 7 N–H and O–H groups in total. The lowest BCUT2D eigenvalue weighted by molar-refractivity contribution is -0.114. The van der Waals surface area contributed by atoms with E-state index >= 15 is 0 Å². The molecule has 0 heterocycles. The van der Waals surface area contributed by atoms with Gasteiger partial charge >= 0.3 is 0 Å². The van der Waals surface area contributed by atoms with Gasteiger partial charge in [-0.25, -0.2) is 0 Å². The topological polar surface area (TPSA) is 133 Å². The first-order valence-electron chi connectivity index (χ1n) is 6.28. The third-order valence-corrected chi connectivity index (χ3v) is 2.99. The number of nitrogens with one attached hydrogen (secondary N) is 1. The number of para-hydroxylation sites is 1. The molecule has 0 fully saturated rings. The summed E-state index contributed by atoms with van der Waals surface area (Å²) in [6.07, 6.45) is -6.06. The standard InChI is InChI=1S/C13H21NO6/c15-7-11(18)13(20)12(19)10(17)6-14-5-8-3-1-2-4-9(8)16/h1-4,10-20H,5-7H2/t10-,11+,12+,13+/m0/s1. The highest BCUT2D eigenvalue weighted by atomic mass is 16.4. The van der Waals surface area contributed by atoms with Crippen molar-refractivity contribution in [3.05, 3.63) is 29.8 Å². The zero-order valence-electron chi connectivity index (χ0n) is 10.9. The first kappa shape index (κ1) is 16.8. The van der Waals surface area contributed by atoms with Gasteiger partial charge in [-0.3, -0.25) is 0 Å². The highest BCUT2D eigenvalue weighted by Crippen LogP contribution is 2.14. The average Bonchev–Trinajstić information content (AvgIpc) is 2.46. The van der Waals surface area contributed by atoms with Crippen LogP contribution in [-0.4, -0.2) is 68.2 Å². The molecule has 1 rings (SSSR count). The molecule has 1 aromatic rings. The molecule has 0 aliphatic carbocycles. The molecule has 0 amide bonds. The van der Waals surface area contributed by atoms with E-state index in [1.165, 1.54) is 6.07 Å². The van der Waals surface area contributed by atoms with Crippen molar-refractivity contribution in [2.45, 2.75) is 31.0 Å². The van der Waals surface area contributed by atoms with Crippen molar-refractivity contribution < 1.29 is 30.6 Å². The van der Waals surface area contributed by atoms with Crippen molar-refractivity contribution in [3.63, 3.8) is 0 Å². The highest BCUT2D eigenvalue weighted by molar-refractivity contribution is 5.31. The van der Waals surface area contributed by atoms with Crippen LogP contribution in [-0.2, 0) is 6.54 Å². The Bertz CT molecular complexity index is 402. The minimum absolute atomic E-state index is 0.0509. The van der Waals surface area contributed by atoms with Gasteiger partial charge in [0.25, 0.3) is 0 Å². The van der Waals surface area contributed by atoms with Gasteiger partial charge in [-0.15, -0.1) is 0 Å². The minimum atomic E-state index is -1.64. The van der Waals surface area contributed by atoms with Gasteiger partial charge in [-0.2, -0.15) is 0 Å². The number of aliphatic hydroxyl groups excluding tert-OH is 5. The summed E-state index contributed by atoms with van der Waals surface area (Å²) in [7, 11) is 0. The van der Waals surface area contributed by atoms with Gasteiger partial charge < -0.3 is 36.0 Å². The van der Waals surface area contributed by atoms with Crippen LogP contribution in [0, 0.1) is 0 Å². The summed E-state index contributed by atoms with van der Waals surface area (Å²) in [6, 6.07) is 6.67. The van der Waals surface area contributed by atoms with E-state index in [9.17, 15) is 20.4 Å². The molecule has 4 atom stereocenters. The SMILES string of the molecule is OC[C@@H](O)[C@@H](O)[C@H](O)[C@@H](O)CNCc1ccccc1O. The van der Waals surface area contributed by atoms with E-state index < -0.39 is 31.0 Å². The second kappa shape index (κ2) is 8.15. The normalized spacial score (nSPS) is 17.4. The van der Waals surface area contributed by atoms with Gasteiger partial charge in [0, 0.05) is 18.7 Å². The molecule has 0 aromatic heterocycles. The molecule has 0 saturated heterocycles. The first-order valence-corrected chi connectivity index (χ1v) is 6.28. The molecular weight excluding hydrogens is 266 g/mol. The summed E-state index contributed by atoms with van der Waals surface area (Å²) in [4.78, 5) is 0. The molecule has 0 bridgehead atoms. The molecule has 1 aromatic carbocycles. The van der Waals surface area contributed by atoms with E-state index in [1.807, 2.05) is 0 Å². The Labute approximate surface area is 116 Å². The Morgan fingerprint density at radius 2 is 1.55 bits per heavy atom. The Kier molecular flexibility index (Phi) is 6.86. The quantitative estimate of drug-likeness (QED) is 0.292. The average molecular weight is 287 g/mol. The lowest BCUT2D eigenvalue weighted by Gasteiger charge is -2.25. The molecule has 20 heavy (non-hydrogen) atoms. The number of phenolic OH excluding ortho intramolecular Hbond substituents is 1. The summed E-state index contributed by atoms with van der Waals surface area (Å²) >= 11 is 0. The van der Waals surface area contributed by atoms with Crippen LogP contribution in [0.5, 0.6) is 5.75 Å². The van der Waals surface area contributed by atoms with Crippen molar-refractivity contribution in [3.8, 4) is 5.75 Å². The summed E-state index contributed by atoms with van der Waals surface area (Å²) in [5, 5.41) is 58.8. The lowest BCUT2D eigenvalue weighted by atomic mass is 10.0. The van der Waals surface area contributed by atoms with Crippen LogP contribution in [0.15, 0.2) is 24.3 Å². The smallest absolute Gasteiger partial charge is 0.120 e. The monoisotopic (exact) mass is 287 g/mol. The second-order valence-electron chi connectivity index (χ2n) is 4.56. The molecule has 0 radical (unpaired) electrons. The van der Waals surface area contributed by atoms with Gasteiger partial charge in [0.15, 0.2) is 0 Å². The van der Waals surface area contributed by atoms with Gasteiger partial charge in [0.2, 0.25) is 0 Å². The number of hydrogen-bond donors (Lipinski definition) is 7. The Hall–Kier alpha value is -1.22. The Morgan fingerprint density at radius 3 is 2.15 bits per heavy atom. The zero-order valence-corrected chi connectivity index (χ0v) is 10.9. The molecule has 0 aliphatic rings. The fourth-order valence-electron chi connectivity index (χ4n) is 1.70. The molecule has 7 nitrogen and oxygen atoms in total. The van der Waals surface area contributed by atoms with Crippen LogP contribution in [0.3, 0.4) is 0 Å². The van der Waals surface area contributed by atoms with Crippen molar-refractivity contribution in [2.24, 2.45) is 0 Å². The maximum Gasteiger partial charge on any atom is 0.120 e. The lowest BCUT2D eigenvalue weighted by Crippen LogP contribution is -2.48. The molecule has 7 heteroatoms. The predicted molar refractivity (Wildman–Crippen MR) is 70.9 cm³/mol. The van der Waals surface area contributed by atoms with E-state index in [4.69, 9.17) is 10.2 Å². The fraction of sp³-hybridized carbons (Fsp3) is 0.538. The molecule has 0 saturated carbocycles. The Balaban J connectivity index is 2.40. The largest absolute Gasteiger partial charge is 0.508 e. The number of aromatic hydroxyl groups is 1. The van der Waals surface area contributed by atoms with Crippen LogP contribution >= 0.6 is 0 Å². The third kappa shape index (κ3) is 4.71. The first-order chi connectivity index (χ1) is 9.47. The second-order valence-corrected chi connectivity index (χ2v) is 4.56. The maximum absolute atomic E-state index is 9.65. The van der Waals surface area contributed by atoms with E-state index in [0.717, 1.165) is 0 Å². The van der Waals surface area contributed by atoms with Crippen molar-refractivity contribution in [1.82, 2.24) is 5.32 Å². The summed E-state index contributed by atoms with van der Waals surface area (Å²) in [5.74, 6) is 0.116. The van der Waals surface area contributed by atoms with E-state index in [1.54, 1.807) is 18.2 Å². The highest BCUT2D eigenvalue weighted by Gasteiger charge is 2.29. The van der Waals surface area contributed by atoms with Crippen LogP contribution in [0.25, 0.3) is 0 Å². The van der Waals surface area contributed by atoms with Crippen molar-refractivity contribution in [1.29, 1.82) is 0 Å². The number of rotatable bonds is 8. The zero-order chi connectivity index (χ0) is 15.1. The van der Waals surface area contributed by atoms with Gasteiger partial charge in [0.05, 0.1) is 12.7 Å². The van der Waals surface area contributed by atoms with E-state index in [0.29, 0.717) is 5.56 Å². The van der Waals surface area contributed by atoms with E-state index in [2.05, 4.69) is 5.32 Å². The molecular formula is C13H21NO6. The van der Waals surface area contributed by atoms with Crippen LogP contribution in [0.4, 0.5) is 0 Å². The van der Waals surface area contributed by atoms with E-state index in [-0.39, 0.29) is 18.8 Å². The van der Waals surface area contributed by atoms with Crippen LogP contribution in [0.1, 0.15) is 5.56 Å². The fourth-order valence-corrected chi connectivity index (χ4v) is 1.70. The molecule has 0 aliphatic heterocycles. The number of phenols is 1. The molecule has 0 unspecified atom stereocenters. The summed E-state index contributed by atoms with van der Waals surface area (Å²) in [6.45, 7) is -0.490. The summed E-state index contributed by atoms with van der Waals surface area (Å²) in [5.41, 5.74) is 0.630. The number of hydrogen-bond acceptors (Lipinski definition) is 7. The molecule has 114 valence electrons.